The highest BCUT2D eigenvalue weighted by molar-refractivity contribution is 7.99. The van der Waals surface area contributed by atoms with Crippen LogP contribution in [0.1, 0.15) is 17.4 Å². The van der Waals surface area contributed by atoms with Gasteiger partial charge in [0, 0.05) is 22.9 Å². The van der Waals surface area contributed by atoms with Crippen molar-refractivity contribution in [1.29, 1.82) is 0 Å². The molecule has 0 bridgehead atoms. The molecule has 1 aromatic heterocycles. The van der Waals surface area contributed by atoms with E-state index in [0.29, 0.717) is 5.69 Å². The van der Waals surface area contributed by atoms with E-state index >= 15 is 0 Å². The maximum absolute atomic E-state index is 11.1. The van der Waals surface area contributed by atoms with Gasteiger partial charge in [-0.05, 0) is 30.3 Å². The molecule has 0 aliphatic carbocycles. The summed E-state index contributed by atoms with van der Waals surface area (Å²) < 4.78 is 5.17. The number of carbonyl (C=O) groups excluding carboxylic acids is 1. The molecule has 92 valence electrons. The van der Waals surface area contributed by atoms with Gasteiger partial charge in [-0.15, -0.1) is 0 Å². The fourth-order valence-corrected chi connectivity index (χ4v) is 2.29. The van der Waals surface area contributed by atoms with Gasteiger partial charge in [0.25, 0.3) is 0 Å². The fraction of sp³-hybridized carbons (Fsp3) is 0.143. The van der Waals surface area contributed by atoms with E-state index in [4.69, 9.17) is 4.74 Å². The van der Waals surface area contributed by atoms with Crippen molar-refractivity contribution in [3.8, 4) is 5.75 Å². The Morgan fingerprint density at radius 3 is 2.67 bits per heavy atom. The van der Waals surface area contributed by atoms with E-state index in [1.54, 1.807) is 31.1 Å². The Morgan fingerprint density at radius 1 is 1.22 bits per heavy atom. The van der Waals surface area contributed by atoms with Crippen molar-refractivity contribution < 1.29 is 9.53 Å². The number of ketones is 1. The van der Waals surface area contributed by atoms with Gasteiger partial charge in [0.15, 0.2) is 5.78 Å². The second kappa shape index (κ2) is 5.69. The van der Waals surface area contributed by atoms with Gasteiger partial charge in [0.05, 0.1) is 7.11 Å². The van der Waals surface area contributed by atoms with Crippen molar-refractivity contribution in [2.75, 3.05) is 7.11 Å². The van der Waals surface area contributed by atoms with Crippen LogP contribution in [0.3, 0.4) is 0 Å². The van der Waals surface area contributed by atoms with E-state index in [-0.39, 0.29) is 5.78 Å². The van der Waals surface area contributed by atoms with Crippen LogP contribution in [0.2, 0.25) is 0 Å². The summed E-state index contributed by atoms with van der Waals surface area (Å²) >= 11 is 1.58. The second-order valence-electron chi connectivity index (χ2n) is 3.72. The molecule has 3 nitrogen and oxygen atoms in total. The predicted molar refractivity (Wildman–Crippen MR) is 71.4 cm³/mol. The van der Waals surface area contributed by atoms with Crippen molar-refractivity contribution in [2.24, 2.45) is 0 Å². The maximum Gasteiger partial charge on any atom is 0.178 e. The molecule has 2 aromatic rings. The number of ether oxygens (including phenoxy) is 1. The molecule has 1 heterocycles. The van der Waals surface area contributed by atoms with Gasteiger partial charge >= 0.3 is 0 Å². The number of carbonyl (C=O) groups is 1. The van der Waals surface area contributed by atoms with Crippen LogP contribution in [0, 0.1) is 0 Å². The Balaban J connectivity index is 2.15. The summed E-state index contributed by atoms with van der Waals surface area (Å²) in [5, 5.41) is 0. The van der Waals surface area contributed by atoms with Gasteiger partial charge in [0.1, 0.15) is 11.4 Å². The number of hydrogen-bond acceptors (Lipinski definition) is 4. The number of rotatable bonds is 4. The van der Waals surface area contributed by atoms with Crippen LogP contribution in [0.15, 0.2) is 52.4 Å². The van der Waals surface area contributed by atoms with Gasteiger partial charge in [-0.2, -0.15) is 0 Å². The van der Waals surface area contributed by atoms with E-state index in [2.05, 4.69) is 4.98 Å². The molecule has 0 spiro atoms. The van der Waals surface area contributed by atoms with Crippen LogP contribution in [0.25, 0.3) is 0 Å². The standard InChI is InChI=1S/C14H13NO2S/c1-10(16)14-7-6-13(9-15-14)18-12-5-3-4-11(8-12)17-2/h3-9H,1-2H3. The Morgan fingerprint density at radius 2 is 2.06 bits per heavy atom. The van der Waals surface area contributed by atoms with Crippen LogP contribution in [-0.2, 0) is 0 Å². The average molecular weight is 259 g/mol. The molecule has 1 aromatic carbocycles. The molecule has 0 radical (unpaired) electrons. The monoisotopic (exact) mass is 259 g/mol. The van der Waals surface area contributed by atoms with Crippen LogP contribution in [0.5, 0.6) is 5.75 Å². The third-order valence-electron chi connectivity index (χ3n) is 2.37. The SMILES string of the molecule is COc1cccc(Sc2ccc(C(C)=O)nc2)c1. The number of Topliss-reactive ketones (excluding diaryl/α,β-unsaturated/α-hetero) is 1. The van der Waals surface area contributed by atoms with Crippen molar-refractivity contribution in [1.82, 2.24) is 4.98 Å². The summed E-state index contributed by atoms with van der Waals surface area (Å²) in [6.07, 6.45) is 1.71. The highest BCUT2D eigenvalue weighted by Gasteiger charge is 2.03. The molecule has 0 atom stereocenters. The Bertz CT molecular complexity index is 552. The van der Waals surface area contributed by atoms with Gasteiger partial charge < -0.3 is 4.74 Å². The van der Waals surface area contributed by atoms with Gasteiger partial charge in [-0.3, -0.25) is 9.78 Å². The zero-order valence-corrected chi connectivity index (χ0v) is 11.0. The molecule has 18 heavy (non-hydrogen) atoms. The molecule has 0 fully saturated rings. The van der Waals surface area contributed by atoms with Crippen LogP contribution < -0.4 is 4.74 Å². The number of nitrogens with zero attached hydrogens (tertiary/aromatic N) is 1. The zero-order chi connectivity index (χ0) is 13.0. The highest BCUT2D eigenvalue weighted by atomic mass is 32.2. The molecular weight excluding hydrogens is 246 g/mol. The molecule has 0 saturated carbocycles. The number of hydrogen-bond donors (Lipinski definition) is 0. The third kappa shape index (κ3) is 3.11. The van der Waals surface area contributed by atoms with E-state index in [1.165, 1.54) is 6.92 Å². The molecule has 0 amide bonds. The fourth-order valence-electron chi connectivity index (χ4n) is 1.45. The normalized spacial score (nSPS) is 10.1. The maximum atomic E-state index is 11.1. The third-order valence-corrected chi connectivity index (χ3v) is 3.34. The summed E-state index contributed by atoms with van der Waals surface area (Å²) in [6, 6.07) is 11.5. The Hall–Kier alpha value is -1.81. The lowest BCUT2D eigenvalue weighted by Gasteiger charge is -2.04. The van der Waals surface area contributed by atoms with Gasteiger partial charge in [0.2, 0.25) is 0 Å². The van der Waals surface area contributed by atoms with Gasteiger partial charge in [-0.25, -0.2) is 0 Å². The predicted octanol–water partition coefficient (Wildman–Crippen LogP) is 3.44. The second-order valence-corrected chi connectivity index (χ2v) is 4.86. The highest BCUT2D eigenvalue weighted by Crippen LogP contribution is 2.29. The molecule has 0 aliphatic rings. The van der Waals surface area contributed by atoms with Crippen LogP contribution in [-0.4, -0.2) is 17.9 Å². The minimum absolute atomic E-state index is 0.0204. The molecule has 2 rings (SSSR count). The first-order valence-corrected chi connectivity index (χ1v) is 6.29. The van der Waals surface area contributed by atoms with E-state index in [0.717, 1.165) is 15.5 Å². The lowest BCUT2D eigenvalue weighted by molar-refractivity contribution is 0.101. The van der Waals surface area contributed by atoms with E-state index in [9.17, 15) is 4.79 Å². The Labute approximate surface area is 110 Å². The minimum Gasteiger partial charge on any atom is -0.497 e. The number of pyridine rings is 1. The number of methoxy groups -OCH3 is 1. The first-order chi connectivity index (χ1) is 8.69. The van der Waals surface area contributed by atoms with Crippen LogP contribution in [0.4, 0.5) is 0 Å². The first kappa shape index (κ1) is 12.6. The summed E-state index contributed by atoms with van der Waals surface area (Å²) in [4.78, 5) is 17.3. The topological polar surface area (TPSA) is 39.2 Å². The lowest BCUT2D eigenvalue weighted by Crippen LogP contribution is -1.95. The molecule has 0 aliphatic heterocycles. The number of aromatic nitrogens is 1. The molecular formula is C14H13NO2S. The van der Waals surface area contributed by atoms with E-state index in [1.807, 2.05) is 30.3 Å². The summed E-state index contributed by atoms with van der Waals surface area (Å²) in [7, 11) is 1.65. The summed E-state index contributed by atoms with van der Waals surface area (Å²) in [5.41, 5.74) is 0.491. The molecule has 4 heteroatoms. The summed E-state index contributed by atoms with van der Waals surface area (Å²) in [6.45, 7) is 1.51. The van der Waals surface area contributed by atoms with Crippen molar-refractivity contribution >= 4 is 17.5 Å². The number of benzene rings is 1. The first-order valence-electron chi connectivity index (χ1n) is 5.48. The van der Waals surface area contributed by atoms with Crippen molar-refractivity contribution in [2.45, 2.75) is 16.7 Å². The average Bonchev–Trinajstić information content (AvgIpc) is 2.39. The molecule has 0 unspecified atom stereocenters. The molecule has 0 N–H and O–H groups in total. The molecule has 0 saturated heterocycles. The summed E-state index contributed by atoms with van der Waals surface area (Å²) in [5.74, 6) is 0.807. The lowest BCUT2D eigenvalue weighted by atomic mass is 10.3. The quantitative estimate of drug-likeness (QED) is 0.788. The van der Waals surface area contributed by atoms with Crippen molar-refractivity contribution in [3.63, 3.8) is 0 Å². The Kier molecular flexibility index (Phi) is 3.99. The van der Waals surface area contributed by atoms with Crippen LogP contribution >= 0.6 is 11.8 Å². The largest absolute Gasteiger partial charge is 0.497 e. The smallest absolute Gasteiger partial charge is 0.178 e. The van der Waals surface area contributed by atoms with Crippen molar-refractivity contribution in [3.05, 3.63) is 48.3 Å². The zero-order valence-electron chi connectivity index (χ0n) is 10.2. The minimum atomic E-state index is -0.0204. The van der Waals surface area contributed by atoms with E-state index < -0.39 is 0 Å². The van der Waals surface area contributed by atoms with Gasteiger partial charge in [-0.1, -0.05) is 17.8 Å².